The fourth-order valence-corrected chi connectivity index (χ4v) is 9.22. The van der Waals surface area contributed by atoms with Crippen LogP contribution in [0.15, 0.2) is 19.0 Å². The number of fused-ring (bicyclic) bond motifs is 7. The molecule has 1 aliphatic carbocycles. The number of halogens is 1. The first-order chi connectivity index (χ1) is 21.4. The van der Waals surface area contributed by atoms with Gasteiger partial charge < -0.3 is 26.0 Å². The lowest BCUT2D eigenvalue weighted by molar-refractivity contribution is -0.0840. The molecule has 19 nitrogen and oxygen atoms in total. The monoisotopic (exact) mass is 720 g/mol. The summed E-state index contributed by atoms with van der Waals surface area (Å²) in [5, 5.41) is 11.1. The number of aromatic nitrogens is 8. The van der Waals surface area contributed by atoms with E-state index in [9.17, 15) is 14.2 Å². The lowest BCUT2D eigenvalue weighted by atomic mass is 10.1. The summed E-state index contributed by atoms with van der Waals surface area (Å²) in [7, 11) is 0. The van der Waals surface area contributed by atoms with Crippen molar-refractivity contribution in [2.75, 3.05) is 24.7 Å². The SMILES string of the molecule is Nc1ncnc2c1ncn2[C@@H]1O[C@@H]2CO[P@@](=O)(S)OC3C4CC4(n4cnc5c(N)nc(Cl)nc54)O[C@@H]3CO[P@@](=O)(S)OC1C2O. The van der Waals surface area contributed by atoms with Crippen molar-refractivity contribution in [3.63, 3.8) is 0 Å². The van der Waals surface area contributed by atoms with Crippen LogP contribution in [0.3, 0.4) is 0 Å². The van der Waals surface area contributed by atoms with E-state index in [4.69, 9.17) is 50.6 Å². The molecule has 0 spiro atoms. The van der Waals surface area contributed by atoms with Crippen molar-refractivity contribution >= 4 is 83.7 Å². The Morgan fingerprint density at radius 3 is 2.40 bits per heavy atom. The van der Waals surface area contributed by atoms with Gasteiger partial charge in [0.1, 0.15) is 47.9 Å². The third-order valence-corrected chi connectivity index (χ3v) is 11.5. The molecule has 4 aliphatic rings. The lowest BCUT2D eigenvalue weighted by Crippen LogP contribution is -2.35. The van der Waals surface area contributed by atoms with Crippen LogP contribution < -0.4 is 11.5 Å². The van der Waals surface area contributed by atoms with Crippen LogP contribution in [0, 0.1) is 5.92 Å². The molecule has 4 aromatic heterocycles. The summed E-state index contributed by atoms with van der Waals surface area (Å²) in [6.45, 7) is -9.21. The number of thiol groups is 2. The first kappa shape index (κ1) is 30.2. The Balaban J connectivity index is 1.11. The summed E-state index contributed by atoms with van der Waals surface area (Å²) < 4.78 is 65.6. The zero-order chi connectivity index (χ0) is 31.5. The van der Waals surface area contributed by atoms with E-state index < -0.39 is 75.2 Å². The predicted octanol–water partition coefficient (Wildman–Crippen LogP) is 1.71. The highest BCUT2D eigenvalue weighted by atomic mass is 35.5. The van der Waals surface area contributed by atoms with E-state index in [0.717, 1.165) is 0 Å². The number of ether oxygens (including phenoxy) is 2. The van der Waals surface area contributed by atoms with Crippen molar-refractivity contribution in [3.05, 3.63) is 24.3 Å². The lowest BCUT2D eigenvalue weighted by Gasteiger charge is -2.27. The van der Waals surface area contributed by atoms with E-state index in [1.807, 2.05) is 0 Å². The molecule has 0 amide bonds. The molecule has 240 valence electrons. The van der Waals surface area contributed by atoms with E-state index >= 15 is 0 Å². The fourth-order valence-electron chi connectivity index (χ4n) is 6.08. The van der Waals surface area contributed by atoms with Gasteiger partial charge in [0.25, 0.3) is 0 Å². The number of anilines is 2. The van der Waals surface area contributed by atoms with Crippen LogP contribution in [0.4, 0.5) is 11.6 Å². The molecule has 24 heteroatoms. The summed E-state index contributed by atoms with van der Waals surface area (Å²) in [5.41, 5.74) is 12.0. The van der Waals surface area contributed by atoms with Crippen LogP contribution in [0.5, 0.6) is 0 Å². The second-order valence-electron chi connectivity index (χ2n) is 10.8. The number of aliphatic hydroxyl groups excluding tert-OH is 1. The maximum Gasteiger partial charge on any atom is 0.386 e. The predicted molar refractivity (Wildman–Crippen MR) is 160 cm³/mol. The van der Waals surface area contributed by atoms with Gasteiger partial charge in [0.15, 0.2) is 34.9 Å². The van der Waals surface area contributed by atoms with Gasteiger partial charge in [-0.25, -0.2) is 29.1 Å². The average Bonchev–Trinajstić information content (AvgIpc) is 3.32. The van der Waals surface area contributed by atoms with Crippen LogP contribution in [-0.4, -0.2) is 87.9 Å². The third kappa shape index (κ3) is 4.96. The molecule has 0 aromatic carbocycles. The van der Waals surface area contributed by atoms with Crippen molar-refractivity contribution in [1.29, 1.82) is 0 Å². The summed E-state index contributed by atoms with van der Waals surface area (Å²) in [4.78, 5) is 24.8. The van der Waals surface area contributed by atoms with E-state index in [0.29, 0.717) is 17.6 Å². The fraction of sp³-hybridized carbons (Fsp3) is 0.524. The highest BCUT2D eigenvalue weighted by molar-refractivity contribution is 8.44. The largest absolute Gasteiger partial charge is 0.387 e. The molecule has 5 unspecified atom stereocenters. The number of hydrogen-bond acceptors (Lipinski definition) is 17. The van der Waals surface area contributed by atoms with Gasteiger partial charge >= 0.3 is 13.6 Å². The van der Waals surface area contributed by atoms with E-state index in [1.165, 1.54) is 23.5 Å². The van der Waals surface area contributed by atoms with Crippen molar-refractivity contribution in [2.24, 2.45) is 5.92 Å². The summed E-state index contributed by atoms with van der Waals surface area (Å²) >= 11 is 14.4. The molecule has 2 bridgehead atoms. The zero-order valence-electron chi connectivity index (χ0n) is 22.5. The standard InChI is InChI=1S/C21H23ClN10O9P2S2/c22-20-29-16(24)11-18(30-20)32(6-28-11)21-1-7(21)13-9(39-21)3-37-43(35,45)41-14-12(33)8(2-36-42(34,44)40-13)38-19(14)31-5-27-10-15(23)25-4-26-17(10)31/h4-9,12-14,19,33H,1-3H2,(H,34,44)(H,35,45)(H2,23,25,26)(H2,24,29,30)/t7?,8-,9-,12?,13?,14?,19-,21?,42-,43-/m1/s1. The molecular formula is C21H23ClN10O9P2S2. The molecule has 3 saturated heterocycles. The first-order valence-corrected chi connectivity index (χ1v) is 19.0. The Labute approximate surface area is 267 Å². The van der Waals surface area contributed by atoms with Crippen LogP contribution in [0.2, 0.25) is 5.28 Å². The van der Waals surface area contributed by atoms with Gasteiger partial charge in [-0.05, 0) is 11.6 Å². The smallest absolute Gasteiger partial charge is 0.386 e. The van der Waals surface area contributed by atoms with Crippen molar-refractivity contribution in [2.45, 2.75) is 48.9 Å². The number of nitrogens with two attached hydrogens (primary N) is 2. The number of hydrogen-bond donors (Lipinski definition) is 5. The van der Waals surface area contributed by atoms with E-state index in [2.05, 4.69) is 54.4 Å². The molecule has 10 atom stereocenters. The Morgan fingerprint density at radius 1 is 0.933 bits per heavy atom. The Bertz CT molecular complexity index is 1960. The quantitative estimate of drug-likeness (QED) is 0.112. The molecule has 3 aliphatic heterocycles. The molecule has 1 saturated carbocycles. The Morgan fingerprint density at radius 2 is 1.62 bits per heavy atom. The number of nitrogen functional groups attached to an aromatic ring is 2. The van der Waals surface area contributed by atoms with Crippen molar-refractivity contribution < 1.29 is 41.8 Å². The summed E-state index contributed by atoms with van der Waals surface area (Å²) in [5.74, 6) is -0.229. The van der Waals surface area contributed by atoms with Crippen molar-refractivity contribution in [1.82, 2.24) is 39.0 Å². The third-order valence-electron chi connectivity index (χ3n) is 8.14. The first-order valence-electron chi connectivity index (χ1n) is 13.3. The second-order valence-corrected chi connectivity index (χ2v) is 16.9. The molecule has 4 fully saturated rings. The molecule has 4 aromatic rings. The minimum absolute atomic E-state index is 0.0795. The Hall–Kier alpha value is -2.13. The minimum atomic E-state index is -4.24. The van der Waals surface area contributed by atoms with E-state index in [1.54, 1.807) is 4.57 Å². The topological polar surface area (TPSA) is 249 Å². The van der Waals surface area contributed by atoms with Gasteiger partial charge in [-0.1, -0.05) is 24.5 Å². The van der Waals surface area contributed by atoms with Gasteiger partial charge in [-0.3, -0.25) is 27.2 Å². The number of nitrogens with zero attached hydrogens (tertiary/aromatic N) is 8. The second kappa shape index (κ2) is 10.4. The van der Waals surface area contributed by atoms with Gasteiger partial charge in [0.2, 0.25) is 5.28 Å². The minimum Gasteiger partial charge on any atom is -0.387 e. The number of imidazole rings is 2. The van der Waals surface area contributed by atoms with E-state index in [-0.39, 0.29) is 28.1 Å². The Kier molecular flexibility index (Phi) is 7.01. The molecule has 7 heterocycles. The van der Waals surface area contributed by atoms with Crippen molar-refractivity contribution in [3.8, 4) is 0 Å². The molecule has 0 radical (unpaired) electrons. The highest BCUT2D eigenvalue weighted by Gasteiger charge is 2.71. The van der Waals surface area contributed by atoms with Crippen LogP contribution >= 0.6 is 49.7 Å². The zero-order valence-corrected chi connectivity index (χ0v) is 26.8. The summed E-state index contributed by atoms with van der Waals surface area (Å²) in [6, 6.07) is 0. The normalized spacial score (nSPS) is 40.0. The van der Waals surface area contributed by atoms with Crippen LogP contribution in [0.1, 0.15) is 12.6 Å². The van der Waals surface area contributed by atoms with Gasteiger partial charge in [0.05, 0.1) is 25.9 Å². The number of aliphatic hydroxyl groups is 1. The van der Waals surface area contributed by atoms with Gasteiger partial charge in [-0.15, -0.1) is 0 Å². The maximum atomic E-state index is 13.6. The molecule has 8 rings (SSSR count). The average molecular weight is 721 g/mol. The highest BCUT2D eigenvalue weighted by Crippen LogP contribution is 2.67. The van der Waals surface area contributed by atoms with Crippen LogP contribution in [0.25, 0.3) is 22.3 Å². The molecule has 45 heavy (non-hydrogen) atoms. The van der Waals surface area contributed by atoms with Gasteiger partial charge in [0, 0.05) is 12.3 Å². The van der Waals surface area contributed by atoms with Crippen LogP contribution in [-0.2, 0) is 42.4 Å². The van der Waals surface area contributed by atoms with Gasteiger partial charge in [-0.2, -0.15) is 9.97 Å². The molecule has 5 N–H and O–H groups in total. The summed E-state index contributed by atoms with van der Waals surface area (Å²) in [6.07, 6.45) is -2.57. The number of rotatable bonds is 2. The molecular weight excluding hydrogens is 698 g/mol. The maximum absolute atomic E-state index is 13.6.